The second kappa shape index (κ2) is 8.12. The van der Waals surface area contributed by atoms with Crippen LogP contribution in [0.1, 0.15) is 29.3 Å². The van der Waals surface area contributed by atoms with Gasteiger partial charge in [-0.2, -0.15) is 5.10 Å². The molecule has 2 aromatic heterocycles. The van der Waals surface area contributed by atoms with E-state index >= 15 is 0 Å². The fourth-order valence-electron chi connectivity index (χ4n) is 3.44. The van der Waals surface area contributed by atoms with Crippen LogP contribution in [0, 0.1) is 5.92 Å². The van der Waals surface area contributed by atoms with Gasteiger partial charge in [0.05, 0.1) is 18.7 Å². The number of fused-ring (bicyclic) bond motifs is 3. The van der Waals surface area contributed by atoms with Gasteiger partial charge in [0.1, 0.15) is 12.3 Å². The van der Waals surface area contributed by atoms with Crippen molar-refractivity contribution < 1.29 is 9.53 Å². The molecule has 0 bridgehead atoms. The number of ether oxygens (including phenoxy) is 1. The largest absolute Gasteiger partial charge is 0.497 e. The third-order valence-electron chi connectivity index (χ3n) is 5.00. The minimum atomic E-state index is -0.441. The Labute approximate surface area is 171 Å². The summed E-state index contributed by atoms with van der Waals surface area (Å²) in [6, 6.07) is 7.24. The summed E-state index contributed by atoms with van der Waals surface area (Å²) in [6.45, 7) is 1.98. The number of benzene rings is 1. The second-order valence-corrected chi connectivity index (χ2v) is 8.23. The Kier molecular flexibility index (Phi) is 5.39. The minimum absolute atomic E-state index is 0.233. The van der Waals surface area contributed by atoms with E-state index in [2.05, 4.69) is 27.8 Å². The van der Waals surface area contributed by atoms with Crippen LogP contribution in [0.4, 0.5) is 0 Å². The summed E-state index contributed by atoms with van der Waals surface area (Å²) in [5, 5.41) is 12.6. The lowest BCUT2D eigenvalue weighted by molar-refractivity contribution is -0.121. The van der Waals surface area contributed by atoms with Gasteiger partial charge < -0.3 is 4.74 Å². The number of rotatable bonds is 5. The highest BCUT2D eigenvalue weighted by molar-refractivity contribution is 7.18. The molecule has 3 aromatic rings. The number of aryl methyl sites for hydroxylation is 1. The van der Waals surface area contributed by atoms with Crippen molar-refractivity contribution in [1.82, 2.24) is 20.4 Å². The first-order chi connectivity index (χ1) is 14.0. The lowest BCUT2D eigenvalue weighted by Crippen LogP contribution is -2.32. The van der Waals surface area contributed by atoms with E-state index in [1.807, 2.05) is 12.1 Å². The van der Waals surface area contributed by atoms with Crippen molar-refractivity contribution in [3.05, 3.63) is 50.6 Å². The fourth-order valence-corrected chi connectivity index (χ4v) is 4.75. The molecule has 29 heavy (non-hydrogen) atoms. The van der Waals surface area contributed by atoms with Crippen LogP contribution >= 0.6 is 11.3 Å². The number of aromatic nitrogens is 3. The van der Waals surface area contributed by atoms with E-state index in [1.165, 1.54) is 22.4 Å². The van der Waals surface area contributed by atoms with Gasteiger partial charge >= 0.3 is 0 Å². The van der Waals surface area contributed by atoms with Crippen LogP contribution in [0.5, 0.6) is 5.75 Å². The van der Waals surface area contributed by atoms with Crippen LogP contribution in [0.25, 0.3) is 10.2 Å². The first-order valence-corrected chi connectivity index (χ1v) is 10.2. The molecule has 1 aliphatic carbocycles. The highest BCUT2D eigenvalue weighted by atomic mass is 32.1. The van der Waals surface area contributed by atoms with Gasteiger partial charge in [0.2, 0.25) is 0 Å². The number of carbonyl (C=O) groups is 1. The Hall–Kier alpha value is -3.07. The van der Waals surface area contributed by atoms with Gasteiger partial charge in [-0.05, 0) is 60.6 Å². The van der Waals surface area contributed by atoms with Gasteiger partial charge in [0.15, 0.2) is 4.83 Å². The molecular weight excluding hydrogens is 390 g/mol. The van der Waals surface area contributed by atoms with E-state index in [0.29, 0.717) is 16.1 Å². The number of hydrazone groups is 1. The van der Waals surface area contributed by atoms with Crippen molar-refractivity contribution >= 4 is 33.7 Å². The van der Waals surface area contributed by atoms with Crippen molar-refractivity contribution in [2.75, 3.05) is 7.11 Å². The summed E-state index contributed by atoms with van der Waals surface area (Å²) < 4.78 is 6.20. The molecule has 9 heteroatoms. The zero-order valence-corrected chi connectivity index (χ0v) is 17.0. The topological polar surface area (TPSA) is 98.5 Å². The number of hydrogen-bond donors (Lipinski definition) is 1. The normalized spacial score (nSPS) is 16.1. The number of hydrogen-bond acceptors (Lipinski definition) is 7. The minimum Gasteiger partial charge on any atom is -0.497 e. The van der Waals surface area contributed by atoms with Gasteiger partial charge in [-0.1, -0.05) is 12.1 Å². The summed E-state index contributed by atoms with van der Waals surface area (Å²) in [5.41, 5.74) is 4.04. The summed E-state index contributed by atoms with van der Waals surface area (Å²) in [7, 11) is 1.60. The molecule has 1 amide bonds. The molecule has 0 aliphatic heterocycles. The molecule has 1 unspecified atom stereocenters. The van der Waals surface area contributed by atoms with E-state index in [4.69, 9.17) is 4.74 Å². The average molecular weight is 411 g/mol. The van der Waals surface area contributed by atoms with Crippen LogP contribution in [0.15, 0.2) is 34.2 Å². The summed E-state index contributed by atoms with van der Waals surface area (Å²) >= 11 is 1.54. The summed E-state index contributed by atoms with van der Waals surface area (Å²) in [5.74, 6) is 0.910. The lowest BCUT2D eigenvalue weighted by Gasteiger charge is -2.17. The summed E-state index contributed by atoms with van der Waals surface area (Å²) in [4.78, 5) is 26.9. The smallest absolute Gasteiger partial charge is 0.279 e. The predicted molar refractivity (Wildman–Crippen MR) is 112 cm³/mol. The molecule has 1 aliphatic rings. The van der Waals surface area contributed by atoms with Gasteiger partial charge in [0, 0.05) is 4.88 Å². The Balaban J connectivity index is 1.47. The first kappa shape index (κ1) is 19.3. The number of nitrogens with zero attached hydrogens (tertiary/aromatic N) is 4. The van der Waals surface area contributed by atoms with E-state index in [-0.39, 0.29) is 12.1 Å². The first-order valence-electron chi connectivity index (χ1n) is 9.39. The Morgan fingerprint density at radius 2 is 2.21 bits per heavy atom. The van der Waals surface area contributed by atoms with E-state index in [1.54, 1.807) is 19.2 Å². The van der Waals surface area contributed by atoms with Crippen molar-refractivity contribution in [1.29, 1.82) is 0 Å². The molecule has 1 N–H and O–H groups in total. The number of amides is 1. The molecule has 2 heterocycles. The van der Waals surface area contributed by atoms with Crippen molar-refractivity contribution in [2.24, 2.45) is 11.0 Å². The third-order valence-corrected chi connectivity index (χ3v) is 6.14. The molecule has 0 spiro atoms. The number of nitrogens with one attached hydrogen (secondary N) is 1. The third kappa shape index (κ3) is 4.04. The van der Waals surface area contributed by atoms with Crippen LogP contribution in [0.2, 0.25) is 0 Å². The van der Waals surface area contributed by atoms with Gasteiger partial charge in [-0.25, -0.2) is 10.1 Å². The predicted octanol–water partition coefficient (Wildman–Crippen LogP) is 2.14. The maximum atomic E-state index is 12.9. The van der Waals surface area contributed by atoms with Crippen LogP contribution in [-0.4, -0.2) is 34.2 Å². The van der Waals surface area contributed by atoms with Crippen molar-refractivity contribution in [3.63, 3.8) is 0 Å². The second-order valence-electron chi connectivity index (χ2n) is 7.15. The Bertz CT molecular complexity index is 1130. The number of carbonyl (C=O) groups excluding carboxylic acids is 1. The highest BCUT2D eigenvalue weighted by Gasteiger charge is 2.24. The molecule has 8 nitrogen and oxygen atoms in total. The van der Waals surface area contributed by atoms with E-state index in [0.717, 1.165) is 40.8 Å². The van der Waals surface area contributed by atoms with Crippen molar-refractivity contribution in [2.45, 2.75) is 32.7 Å². The molecule has 1 aromatic carbocycles. The zero-order valence-electron chi connectivity index (χ0n) is 16.2. The van der Waals surface area contributed by atoms with Gasteiger partial charge in [0.25, 0.3) is 11.5 Å². The van der Waals surface area contributed by atoms with Crippen LogP contribution in [-0.2, 0) is 24.2 Å². The quantitative estimate of drug-likeness (QED) is 0.512. The maximum absolute atomic E-state index is 12.9. The van der Waals surface area contributed by atoms with Crippen molar-refractivity contribution in [3.8, 4) is 5.75 Å². The molecule has 0 saturated heterocycles. The zero-order chi connectivity index (χ0) is 20.4. The molecule has 1 atom stereocenters. The van der Waals surface area contributed by atoms with Crippen LogP contribution in [0.3, 0.4) is 0 Å². The average Bonchev–Trinajstić information content (AvgIpc) is 3.09. The lowest BCUT2D eigenvalue weighted by atomic mass is 9.89. The molecular formula is C20H21N5O3S. The fraction of sp³-hybridized carbons (Fsp3) is 0.350. The van der Waals surface area contributed by atoms with E-state index in [9.17, 15) is 9.59 Å². The van der Waals surface area contributed by atoms with Crippen LogP contribution < -0.4 is 15.7 Å². The SMILES string of the molecule is COc1ccc(/C=N/NC(=O)Cn2nnc3sc4c(c3c2=O)CCC(C)C4)cc1. The Morgan fingerprint density at radius 3 is 2.97 bits per heavy atom. The number of thiophene rings is 1. The summed E-state index contributed by atoms with van der Waals surface area (Å²) in [6.07, 6.45) is 4.42. The highest BCUT2D eigenvalue weighted by Crippen LogP contribution is 2.35. The molecule has 0 fully saturated rings. The molecule has 0 saturated carbocycles. The Morgan fingerprint density at radius 1 is 1.41 bits per heavy atom. The monoisotopic (exact) mass is 411 g/mol. The van der Waals surface area contributed by atoms with Gasteiger partial charge in [-0.15, -0.1) is 16.4 Å². The van der Waals surface area contributed by atoms with Gasteiger partial charge in [-0.3, -0.25) is 9.59 Å². The molecule has 150 valence electrons. The van der Waals surface area contributed by atoms with E-state index < -0.39 is 5.91 Å². The molecule has 0 radical (unpaired) electrons. The standard InChI is InChI=1S/C20H21N5O3S/c1-12-3-8-15-16(9-12)29-19-18(15)20(27)25(24-23-19)11-17(26)22-21-10-13-4-6-14(28-2)7-5-13/h4-7,10,12H,3,8-9,11H2,1-2H3,(H,22,26)/b21-10+. The molecule has 4 rings (SSSR count). The number of methoxy groups -OCH3 is 1. The maximum Gasteiger partial charge on any atom is 0.279 e.